The van der Waals surface area contributed by atoms with E-state index in [0.29, 0.717) is 22.9 Å². The van der Waals surface area contributed by atoms with Crippen LogP contribution in [-0.4, -0.2) is 44.6 Å². The molecule has 0 aliphatic heterocycles. The van der Waals surface area contributed by atoms with E-state index in [1.165, 1.54) is 30.2 Å². The number of hydrogen-bond acceptors (Lipinski definition) is 6. The van der Waals surface area contributed by atoms with E-state index in [-0.39, 0.29) is 17.0 Å². The van der Waals surface area contributed by atoms with E-state index in [1.54, 1.807) is 30.1 Å². The number of carbonyl (C=O) groups excluding carboxylic acids is 1. The Morgan fingerprint density at radius 3 is 2.62 bits per heavy atom. The highest BCUT2D eigenvalue weighted by molar-refractivity contribution is 8.00. The number of nitrogens with zero attached hydrogens (tertiary/aromatic N) is 4. The standard InChI is InChI=1S/C23H22FN5O2S/c1-15(22(30)25-12-11-16-3-9-19(31-2)10-4-16)32-23-20-13-28-29(21(20)26-14-27-23)18-7-5-17(24)6-8-18/h3-10,13-15H,11-12H2,1-2H3,(H,25,30). The predicted octanol–water partition coefficient (Wildman–Crippen LogP) is 3.80. The zero-order valence-corrected chi connectivity index (χ0v) is 18.5. The number of amides is 1. The molecule has 164 valence electrons. The second-order valence-electron chi connectivity index (χ2n) is 7.10. The lowest BCUT2D eigenvalue weighted by Gasteiger charge is -2.12. The van der Waals surface area contributed by atoms with Crippen molar-refractivity contribution in [2.24, 2.45) is 0 Å². The maximum absolute atomic E-state index is 13.2. The largest absolute Gasteiger partial charge is 0.497 e. The Hall–Kier alpha value is -3.46. The Bertz CT molecular complexity index is 1210. The van der Waals surface area contributed by atoms with Crippen molar-refractivity contribution in [2.45, 2.75) is 23.6 Å². The van der Waals surface area contributed by atoms with E-state index in [2.05, 4.69) is 20.4 Å². The van der Waals surface area contributed by atoms with Gasteiger partial charge in [-0.3, -0.25) is 4.79 Å². The van der Waals surface area contributed by atoms with E-state index < -0.39 is 0 Å². The zero-order valence-electron chi connectivity index (χ0n) is 17.7. The number of hydrogen-bond donors (Lipinski definition) is 1. The summed E-state index contributed by atoms with van der Waals surface area (Å²) in [5.74, 6) is 0.422. The topological polar surface area (TPSA) is 81.9 Å². The summed E-state index contributed by atoms with van der Waals surface area (Å²) in [6, 6.07) is 13.8. The van der Waals surface area contributed by atoms with Gasteiger partial charge in [0.2, 0.25) is 5.91 Å². The Kier molecular flexibility index (Phi) is 6.65. The third kappa shape index (κ3) is 4.88. The molecule has 0 aliphatic carbocycles. The summed E-state index contributed by atoms with van der Waals surface area (Å²) in [6.07, 6.45) is 3.84. The number of halogens is 1. The normalized spacial score (nSPS) is 12.0. The van der Waals surface area contributed by atoms with Gasteiger partial charge in [0, 0.05) is 6.54 Å². The van der Waals surface area contributed by atoms with Crippen LogP contribution in [0.5, 0.6) is 5.75 Å². The van der Waals surface area contributed by atoms with Crippen molar-refractivity contribution in [1.29, 1.82) is 0 Å². The van der Waals surface area contributed by atoms with Crippen molar-refractivity contribution >= 4 is 28.7 Å². The average Bonchev–Trinajstić information content (AvgIpc) is 3.25. The molecule has 9 heteroatoms. The first-order valence-corrected chi connectivity index (χ1v) is 10.9. The molecule has 1 N–H and O–H groups in total. The summed E-state index contributed by atoms with van der Waals surface area (Å²) in [4.78, 5) is 21.2. The maximum atomic E-state index is 13.2. The molecule has 0 spiro atoms. The van der Waals surface area contributed by atoms with Gasteiger partial charge in [0.05, 0.1) is 29.6 Å². The molecule has 0 bridgehead atoms. The van der Waals surface area contributed by atoms with Crippen molar-refractivity contribution in [3.05, 3.63) is 72.4 Å². The number of rotatable bonds is 8. The summed E-state index contributed by atoms with van der Waals surface area (Å²) in [5, 5.41) is 8.40. The van der Waals surface area contributed by atoms with Gasteiger partial charge in [0.25, 0.3) is 0 Å². The van der Waals surface area contributed by atoms with Crippen molar-refractivity contribution in [1.82, 2.24) is 25.1 Å². The monoisotopic (exact) mass is 451 g/mol. The highest BCUT2D eigenvalue weighted by atomic mass is 32.2. The van der Waals surface area contributed by atoms with Crippen LogP contribution in [0.3, 0.4) is 0 Å². The fraction of sp³-hybridized carbons (Fsp3) is 0.217. The first-order chi connectivity index (χ1) is 15.5. The molecule has 1 unspecified atom stereocenters. The van der Waals surface area contributed by atoms with Crippen molar-refractivity contribution in [3.8, 4) is 11.4 Å². The zero-order chi connectivity index (χ0) is 22.5. The maximum Gasteiger partial charge on any atom is 0.233 e. The molecule has 4 aromatic rings. The van der Waals surface area contributed by atoms with Crippen molar-refractivity contribution < 1.29 is 13.9 Å². The number of carbonyl (C=O) groups is 1. The lowest BCUT2D eigenvalue weighted by molar-refractivity contribution is -0.120. The third-order valence-electron chi connectivity index (χ3n) is 4.93. The average molecular weight is 452 g/mol. The van der Waals surface area contributed by atoms with Gasteiger partial charge in [-0.25, -0.2) is 19.0 Å². The van der Waals surface area contributed by atoms with Gasteiger partial charge in [-0.2, -0.15) is 5.10 Å². The van der Waals surface area contributed by atoms with Crippen LogP contribution in [0.25, 0.3) is 16.7 Å². The SMILES string of the molecule is COc1ccc(CCNC(=O)C(C)Sc2ncnc3c2cnn3-c2ccc(F)cc2)cc1. The summed E-state index contributed by atoms with van der Waals surface area (Å²) in [6.45, 7) is 2.38. The van der Waals surface area contributed by atoms with E-state index in [1.807, 2.05) is 31.2 Å². The number of nitrogens with one attached hydrogen (secondary N) is 1. The molecule has 0 aliphatic rings. The summed E-state index contributed by atoms with van der Waals surface area (Å²) in [5.41, 5.74) is 2.42. The summed E-state index contributed by atoms with van der Waals surface area (Å²) in [7, 11) is 1.63. The molecular formula is C23H22FN5O2S. The minimum absolute atomic E-state index is 0.0683. The summed E-state index contributed by atoms with van der Waals surface area (Å²) >= 11 is 1.35. The first kappa shape index (κ1) is 21.8. The Morgan fingerprint density at radius 2 is 1.91 bits per heavy atom. The molecule has 0 saturated carbocycles. The molecule has 7 nitrogen and oxygen atoms in total. The van der Waals surface area contributed by atoms with Crippen LogP contribution in [0.4, 0.5) is 4.39 Å². The highest BCUT2D eigenvalue weighted by Crippen LogP contribution is 2.29. The van der Waals surface area contributed by atoms with Crippen LogP contribution in [-0.2, 0) is 11.2 Å². The second kappa shape index (κ2) is 9.78. The Labute approximate surface area is 189 Å². The van der Waals surface area contributed by atoms with E-state index in [9.17, 15) is 9.18 Å². The van der Waals surface area contributed by atoms with Crippen LogP contribution in [0.1, 0.15) is 12.5 Å². The molecule has 32 heavy (non-hydrogen) atoms. The van der Waals surface area contributed by atoms with Crippen LogP contribution >= 0.6 is 11.8 Å². The van der Waals surface area contributed by atoms with Gasteiger partial charge < -0.3 is 10.1 Å². The van der Waals surface area contributed by atoms with Gasteiger partial charge in [0.1, 0.15) is 22.9 Å². The third-order valence-corrected chi connectivity index (χ3v) is 6.05. The number of ether oxygens (including phenoxy) is 1. The van der Waals surface area contributed by atoms with Crippen LogP contribution in [0.2, 0.25) is 0 Å². The molecule has 1 atom stereocenters. The molecule has 4 rings (SSSR count). The lowest BCUT2D eigenvalue weighted by Crippen LogP contribution is -2.32. The van der Waals surface area contributed by atoms with Crippen molar-refractivity contribution in [3.63, 3.8) is 0 Å². The lowest BCUT2D eigenvalue weighted by atomic mass is 10.1. The molecule has 0 radical (unpaired) electrons. The number of fused-ring (bicyclic) bond motifs is 1. The van der Waals surface area contributed by atoms with Gasteiger partial charge in [-0.05, 0) is 55.3 Å². The number of methoxy groups -OCH3 is 1. The van der Waals surface area contributed by atoms with Crippen LogP contribution in [0.15, 0.2) is 66.1 Å². The van der Waals surface area contributed by atoms with Gasteiger partial charge in [0.15, 0.2) is 5.65 Å². The quantitative estimate of drug-likeness (QED) is 0.324. The molecule has 0 fully saturated rings. The van der Waals surface area contributed by atoms with E-state index in [4.69, 9.17) is 4.74 Å². The molecular weight excluding hydrogens is 429 g/mol. The first-order valence-electron chi connectivity index (χ1n) is 10.1. The predicted molar refractivity (Wildman–Crippen MR) is 122 cm³/mol. The van der Waals surface area contributed by atoms with E-state index in [0.717, 1.165) is 23.1 Å². The van der Waals surface area contributed by atoms with Gasteiger partial charge >= 0.3 is 0 Å². The molecule has 2 aromatic heterocycles. The smallest absolute Gasteiger partial charge is 0.233 e. The second-order valence-corrected chi connectivity index (χ2v) is 8.43. The van der Waals surface area contributed by atoms with Crippen LogP contribution in [0, 0.1) is 5.82 Å². The Balaban J connectivity index is 1.40. The molecule has 2 heterocycles. The van der Waals surface area contributed by atoms with Gasteiger partial charge in [-0.1, -0.05) is 23.9 Å². The molecule has 1 amide bonds. The van der Waals surface area contributed by atoms with E-state index >= 15 is 0 Å². The number of benzene rings is 2. The summed E-state index contributed by atoms with van der Waals surface area (Å²) < 4.78 is 20.0. The van der Waals surface area contributed by atoms with Crippen molar-refractivity contribution in [2.75, 3.05) is 13.7 Å². The Morgan fingerprint density at radius 1 is 1.16 bits per heavy atom. The minimum Gasteiger partial charge on any atom is -0.497 e. The van der Waals surface area contributed by atoms with Gasteiger partial charge in [-0.15, -0.1) is 0 Å². The minimum atomic E-state index is -0.349. The number of aromatic nitrogens is 4. The fourth-order valence-corrected chi connectivity index (χ4v) is 4.08. The fourth-order valence-electron chi connectivity index (χ4n) is 3.17. The highest BCUT2D eigenvalue weighted by Gasteiger charge is 2.18. The number of thioether (sulfide) groups is 1. The molecule has 2 aromatic carbocycles. The van der Waals surface area contributed by atoms with Crippen LogP contribution < -0.4 is 10.1 Å². The molecule has 0 saturated heterocycles.